The molecule has 0 amide bonds. The number of hydrogen-bond donors (Lipinski definition) is 1. The number of nitrogens with two attached hydrogens (primary N) is 1. The number of hydrogen-bond acceptors (Lipinski definition) is 2. The largest absolute Gasteiger partial charge is 0.330 e. The fourth-order valence-corrected chi connectivity index (χ4v) is 1.92. The van der Waals surface area contributed by atoms with Crippen LogP contribution in [0.4, 0.5) is 0 Å². The van der Waals surface area contributed by atoms with Crippen LogP contribution in [-0.4, -0.2) is 30.1 Å². The summed E-state index contributed by atoms with van der Waals surface area (Å²) in [5, 5.41) is 0. The average molecular weight is 184 g/mol. The fraction of sp³-hybridized carbons (Fsp3) is 1.00. The zero-order valence-corrected chi connectivity index (χ0v) is 9.56. The van der Waals surface area contributed by atoms with Crippen LogP contribution >= 0.6 is 0 Å². The second kappa shape index (κ2) is 3.58. The van der Waals surface area contributed by atoms with E-state index in [2.05, 4.69) is 32.6 Å². The summed E-state index contributed by atoms with van der Waals surface area (Å²) in [6.45, 7) is 12.4. The van der Waals surface area contributed by atoms with Gasteiger partial charge in [0, 0.05) is 5.54 Å². The molecule has 13 heavy (non-hydrogen) atoms. The summed E-state index contributed by atoms with van der Waals surface area (Å²) < 4.78 is 0. The molecule has 0 saturated carbocycles. The van der Waals surface area contributed by atoms with Gasteiger partial charge in [0.2, 0.25) is 0 Å². The van der Waals surface area contributed by atoms with Gasteiger partial charge >= 0.3 is 0 Å². The first-order valence-corrected chi connectivity index (χ1v) is 5.32. The molecule has 1 aliphatic rings. The summed E-state index contributed by atoms with van der Waals surface area (Å²) in [4.78, 5) is 2.56. The Bertz CT molecular complexity index is 161. The Morgan fingerprint density at radius 3 is 2.00 bits per heavy atom. The van der Waals surface area contributed by atoms with Gasteiger partial charge in [-0.2, -0.15) is 0 Å². The lowest BCUT2D eigenvalue weighted by Gasteiger charge is -2.44. The van der Waals surface area contributed by atoms with Crippen LogP contribution in [0.25, 0.3) is 0 Å². The van der Waals surface area contributed by atoms with E-state index in [1.807, 2.05) is 0 Å². The molecule has 0 bridgehead atoms. The highest BCUT2D eigenvalue weighted by atomic mass is 15.2. The summed E-state index contributed by atoms with van der Waals surface area (Å²) in [5.74, 6) is 0. The Morgan fingerprint density at radius 1 is 1.23 bits per heavy atom. The highest BCUT2D eigenvalue weighted by Gasteiger charge is 2.32. The number of piperidine rings is 1. The molecule has 0 aliphatic carbocycles. The lowest BCUT2D eigenvalue weighted by atomic mass is 9.79. The predicted octanol–water partition coefficient (Wildman–Crippen LogP) is 1.85. The molecular formula is C11H24N2. The van der Waals surface area contributed by atoms with Crippen LogP contribution in [-0.2, 0) is 0 Å². The quantitative estimate of drug-likeness (QED) is 0.674. The van der Waals surface area contributed by atoms with Gasteiger partial charge in [0.25, 0.3) is 0 Å². The summed E-state index contributed by atoms with van der Waals surface area (Å²) in [6, 6.07) is 0. The van der Waals surface area contributed by atoms with Gasteiger partial charge in [0.15, 0.2) is 0 Å². The van der Waals surface area contributed by atoms with Gasteiger partial charge < -0.3 is 5.73 Å². The van der Waals surface area contributed by atoms with Crippen molar-refractivity contribution < 1.29 is 0 Å². The Hall–Kier alpha value is -0.0800. The molecule has 2 N–H and O–H groups in total. The van der Waals surface area contributed by atoms with Gasteiger partial charge in [0.05, 0.1) is 0 Å². The molecule has 0 aromatic heterocycles. The number of nitrogens with zero attached hydrogens (tertiary/aromatic N) is 1. The highest BCUT2D eigenvalue weighted by Crippen LogP contribution is 2.32. The van der Waals surface area contributed by atoms with E-state index in [1.54, 1.807) is 0 Å². The monoisotopic (exact) mass is 184 g/mol. The van der Waals surface area contributed by atoms with Gasteiger partial charge in [-0.15, -0.1) is 0 Å². The van der Waals surface area contributed by atoms with Crippen molar-refractivity contribution in [1.29, 1.82) is 0 Å². The minimum atomic E-state index is 0.329. The minimum absolute atomic E-state index is 0.329. The molecule has 0 spiro atoms. The molecule has 1 rings (SSSR count). The van der Waals surface area contributed by atoms with Crippen molar-refractivity contribution in [3.05, 3.63) is 0 Å². The van der Waals surface area contributed by atoms with Gasteiger partial charge in [-0.25, -0.2) is 0 Å². The van der Waals surface area contributed by atoms with E-state index in [4.69, 9.17) is 5.73 Å². The first-order valence-electron chi connectivity index (χ1n) is 5.32. The van der Waals surface area contributed by atoms with Crippen molar-refractivity contribution in [1.82, 2.24) is 4.90 Å². The van der Waals surface area contributed by atoms with E-state index in [-0.39, 0.29) is 0 Å². The van der Waals surface area contributed by atoms with Crippen LogP contribution in [0.5, 0.6) is 0 Å². The molecule has 1 heterocycles. The van der Waals surface area contributed by atoms with Crippen LogP contribution in [0.3, 0.4) is 0 Å². The van der Waals surface area contributed by atoms with Crippen LogP contribution in [0.2, 0.25) is 0 Å². The van der Waals surface area contributed by atoms with Crippen LogP contribution in [0.15, 0.2) is 0 Å². The molecule has 0 aromatic rings. The molecule has 1 fully saturated rings. The second-order valence-electron chi connectivity index (χ2n) is 5.67. The first kappa shape index (κ1) is 11.0. The average Bonchev–Trinajstić information content (AvgIpc) is 2.04. The summed E-state index contributed by atoms with van der Waals surface area (Å²) >= 11 is 0. The first-order chi connectivity index (χ1) is 5.87. The van der Waals surface area contributed by atoms with Gasteiger partial charge in [-0.1, -0.05) is 6.92 Å². The van der Waals surface area contributed by atoms with Crippen molar-refractivity contribution in [2.24, 2.45) is 11.1 Å². The Balaban J connectivity index is 2.48. The second-order valence-corrected chi connectivity index (χ2v) is 5.67. The topological polar surface area (TPSA) is 29.3 Å². The molecule has 1 saturated heterocycles. The summed E-state index contributed by atoms with van der Waals surface area (Å²) in [6.07, 6.45) is 2.50. The molecule has 2 heteroatoms. The van der Waals surface area contributed by atoms with Crippen molar-refractivity contribution in [3.8, 4) is 0 Å². The molecular weight excluding hydrogens is 160 g/mol. The van der Waals surface area contributed by atoms with E-state index in [9.17, 15) is 0 Å². The predicted molar refractivity (Wildman–Crippen MR) is 57.7 cm³/mol. The molecule has 0 atom stereocenters. The fourth-order valence-electron chi connectivity index (χ4n) is 1.92. The molecule has 0 radical (unpaired) electrons. The third-order valence-electron chi connectivity index (χ3n) is 3.41. The number of likely N-dealkylation sites (tertiary alicyclic amines) is 1. The molecule has 0 unspecified atom stereocenters. The van der Waals surface area contributed by atoms with Crippen LogP contribution in [0, 0.1) is 5.41 Å². The van der Waals surface area contributed by atoms with Gasteiger partial charge in [-0.3, -0.25) is 4.90 Å². The minimum Gasteiger partial charge on any atom is -0.330 e. The van der Waals surface area contributed by atoms with Gasteiger partial charge in [0.1, 0.15) is 0 Å². The van der Waals surface area contributed by atoms with E-state index in [1.165, 1.54) is 25.9 Å². The smallest absolute Gasteiger partial charge is 0.0125 e. The van der Waals surface area contributed by atoms with Crippen molar-refractivity contribution in [3.63, 3.8) is 0 Å². The van der Waals surface area contributed by atoms with Crippen LogP contribution in [0.1, 0.15) is 40.5 Å². The SMILES string of the molecule is CC1(CN)CCN(C(C)(C)C)CC1. The van der Waals surface area contributed by atoms with Crippen molar-refractivity contribution in [2.75, 3.05) is 19.6 Å². The van der Waals surface area contributed by atoms with Crippen LogP contribution < -0.4 is 5.73 Å². The van der Waals surface area contributed by atoms with E-state index >= 15 is 0 Å². The standard InChI is InChI=1S/C11H24N2/c1-10(2,3)13-7-5-11(4,9-12)6-8-13/h5-9,12H2,1-4H3. The summed E-state index contributed by atoms with van der Waals surface area (Å²) in [7, 11) is 0. The van der Waals surface area contributed by atoms with E-state index < -0.39 is 0 Å². The molecule has 78 valence electrons. The van der Waals surface area contributed by atoms with Crippen molar-refractivity contribution >= 4 is 0 Å². The Morgan fingerprint density at radius 2 is 1.69 bits per heavy atom. The summed E-state index contributed by atoms with van der Waals surface area (Å²) in [5.41, 5.74) is 6.51. The zero-order valence-electron chi connectivity index (χ0n) is 9.56. The lowest BCUT2D eigenvalue weighted by molar-refractivity contribution is 0.0548. The van der Waals surface area contributed by atoms with E-state index in [0.29, 0.717) is 11.0 Å². The third kappa shape index (κ3) is 2.68. The maximum atomic E-state index is 5.77. The molecule has 2 nitrogen and oxygen atoms in total. The normalized spacial score (nSPS) is 24.7. The molecule has 1 aliphatic heterocycles. The third-order valence-corrected chi connectivity index (χ3v) is 3.41. The number of rotatable bonds is 1. The van der Waals surface area contributed by atoms with E-state index in [0.717, 1.165) is 6.54 Å². The zero-order chi connectivity index (χ0) is 10.1. The lowest BCUT2D eigenvalue weighted by Crippen LogP contribution is -2.49. The Kier molecular flexibility index (Phi) is 3.03. The Labute approximate surface area is 82.5 Å². The van der Waals surface area contributed by atoms with Crippen molar-refractivity contribution in [2.45, 2.75) is 46.1 Å². The maximum Gasteiger partial charge on any atom is 0.0125 e. The molecule has 0 aromatic carbocycles. The van der Waals surface area contributed by atoms with Gasteiger partial charge in [-0.05, 0) is 58.7 Å². The maximum absolute atomic E-state index is 5.77. The highest BCUT2D eigenvalue weighted by molar-refractivity contribution is 4.87.